The van der Waals surface area contributed by atoms with E-state index in [9.17, 15) is 4.79 Å². The minimum atomic E-state index is -0.982. The summed E-state index contributed by atoms with van der Waals surface area (Å²) in [6.07, 6.45) is 3.38. The van der Waals surface area contributed by atoms with Crippen LogP contribution in [0.5, 0.6) is 0 Å². The van der Waals surface area contributed by atoms with E-state index < -0.39 is 5.97 Å². The van der Waals surface area contributed by atoms with E-state index in [2.05, 4.69) is 31.7 Å². The number of hydrogen-bond donors (Lipinski definition) is 3. The third-order valence-electron chi connectivity index (χ3n) is 3.58. The summed E-state index contributed by atoms with van der Waals surface area (Å²) in [6.45, 7) is 3.79. The van der Waals surface area contributed by atoms with Crippen molar-refractivity contribution >= 4 is 23.4 Å². The minimum absolute atomic E-state index is 0.237. The number of carbonyl (C=O) groups is 1. The molecule has 0 aliphatic carbocycles. The highest BCUT2D eigenvalue weighted by molar-refractivity contribution is 5.73. The van der Waals surface area contributed by atoms with Crippen molar-refractivity contribution in [3.05, 3.63) is 59.9 Å². The molecule has 3 rings (SSSR count). The maximum atomic E-state index is 10.8. The zero-order chi connectivity index (χ0) is 18.5. The van der Waals surface area contributed by atoms with E-state index in [-0.39, 0.29) is 12.5 Å². The molecule has 0 fully saturated rings. The van der Waals surface area contributed by atoms with Crippen LogP contribution in [0.3, 0.4) is 0 Å². The maximum absolute atomic E-state index is 10.8. The molecule has 132 valence electrons. The van der Waals surface area contributed by atoms with Gasteiger partial charge >= 0.3 is 5.97 Å². The third-order valence-corrected chi connectivity index (χ3v) is 3.58. The molecule has 0 aliphatic heterocycles. The zero-order valence-electron chi connectivity index (χ0n) is 14.5. The van der Waals surface area contributed by atoms with Gasteiger partial charge in [-0.25, -0.2) is 4.98 Å². The Balaban J connectivity index is 1.97. The van der Waals surface area contributed by atoms with Gasteiger partial charge in [0.1, 0.15) is 12.4 Å². The normalized spacial score (nSPS) is 10.4. The summed E-state index contributed by atoms with van der Waals surface area (Å²) < 4.78 is 0. The molecule has 3 aromatic rings. The van der Waals surface area contributed by atoms with Gasteiger partial charge in [-0.3, -0.25) is 9.78 Å². The molecule has 26 heavy (non-hydrogen) atoms. The first-order valence-corrected chi connectivity index (χ1v) is 8.10. The molecule has 0 saturated heterocycles. The highest BCUT2D eigenvalue weighted by Gasteiger charge is 2.09. The molecule has 1 aromatic carbocycles. The molecule has 0 atom stereocenters. The summed E-state index contributed by atoms with van der Waals surface area (Å²) in [4.78, 5) is 23.7. The number of benzene rings is 1. The monoisotopic (exact) mass is 349 g/mol. The SMILES string of the molecule is Cc1cc(C)cc(Nc2cc(-c3cccnc3)nc(NCC(=O)O)n2)c1. The van der Waals surface area contributed by atoms with E-state index in [4.69, 9.17) is 5.11 Å². The first-order chi connectivity index (χ1) is 12.5. The standard InChI is InChI=1S/C19H19N5O2/c1-12-6-13(2)8-15(7-12)22-17-9-16(14-4-3-5-20-10-14)23-19(24-17)21-11-18(25)26/h3-10H,11H2,1-2H3,(H,25,26)(H2,21,22,23,24). The van der Waals surface area contributed by atoms with Crippen LogP contribution in [0.1, 0.15) is 11.1 Å². The number of aromatic nitrogens is 3. The van der Waals surface area contributed by atoms with Gasteiger partial charge in [0.15, 0.2) is 0 Å². The minimum Gasteiger partial charge on any atom is -0.480 e. The average Bonchev–Trinajstić information content (AvgIpc) is 2.59. The summed E-state index contributed by atoms with van der Waals surface area (Å²) in [5.74, 6) is -0.179. The second-order valence-electron chi connectivity index (χ2n) is 5.95. The van der Waals surface area contributed by atoms with E-state index in [0.717, 1.165) is 22.4 Å². The number of aryl methyl sites for hydroxylation is 2. The maximum Gasteiger partial charge on any atom is 0.322 e. The second kappa shape index (κ2) is 7.60. The molecular weight excluding hydrogens is 330 g/mol. The van der Waals surface area contributed by atoms with Gasteiger partial charge in [0.25, 0.3) is 0 Å². The lowest BCUT2D eigenvalue weighted by atomic mass is 10.1. The Bertz CT molecular complexity index is 908. The lowest BCUT2D eigenvalue weighted by Gasteiger charge is -2.12. The number of nitrogens with zero attached hydrogens (tertiary/aromatic N) is 3. The van der Waals surface area contributed by atoms with Gasteiger partial charge in [0.2, 0.25) is 5.95 Å². The van der Waals surface area contributed by atoms with E-state index in [1.165, 1.54) is 0 Å². The van der Waals surface area contributed by atoms with Crippen LogP contribution in [0.15, 0.2) is 48.8 Å². The van der Waals surface area contributed by atoms with Gasteiger partial charge in [-0.2, -0.15) is 4.98 Å². The summed E-state index contributed by atoms with van der Waals surface area (Å²) in [6, 6.07) is 11.6. The second-order valence-corrected chi connectivity index (χ2v) is 5.95. The number of rotatable bonds is 6. The molecule has 2 heterocycles. The topological polar surface area (TPSA) is 100 Å². The summed E-state index contributed by atoms with van der Waals surface area (Å²) >= 11 is 0. The fraction of sp³-hybridized carbons (Fsp3) is 0.158. The van der Waals surface area contributed by atoms with Gasteiger partial charge in [0, 0.05) is 29.7 Å². The van der Waals surface area contributed by atoms with Crippen LogP contribution in [0.4, 0.5) is 17.5 Å². The number of carboxylic acids is 1. The molecule has 7 nitrogen and oxygen atoms in total. The fourth-order valence-electron chi connectivity index (χ4n) is 2.60. The fourth-order valence-corrected chi connectivity index (χ4v) is 2.60. The van der Waals surface area contributed by atoms with Crippen LogP contribution in [-0.2, 0) is 4.79 Å². The van der Waals surface area contributed by atoms with E-state index in [0.29, 0.717) is 11.5 Å². The number of hydrogen-bond acceptors (Lipinski definition) is 6. The zero-order valence-corrected chi connectivity index (χ0v) is 14.5. The van der Waals surface area contributed by atoms with Crippen molar-refractivity contribution in [1.29, 1.82) is 0 Å². The lowest BCUT2D eigenvalue weighted by molar-refractivity contribution is -0.134. The van der Waals surface area contributed by atoms with E-state index in [1.807, 2.05) is 38.1 Å². The average molecular weight is 349 g/mol. The highest BCUT2D eigenvalue weighted by atomic mass is 16.4. The summed E-state index contributed by atoms with van der Waals surface area (Å²) in [5, 5.41) is 14.9. The Morgan fingerprint density at radius 1 is 1.12 bits per heavy atom. The van der Waals surface area contributed by atoms with Crippen LogP contribution >= 0.6 is 0 Å². The molecule has 2 aromatic heterocycles. The predicted octanol–water partition coefficient (Wildman–Crippen LogP) is 3.40. The van der Waals surface area contributed by atoms with Gasteiger partial charge in [-0.05, 0) is 49.2 Å². The Hall–Kier alpha value is -3.48. The number of pyridine rings is 1. The van der Waals surface area contributed by atoms with Gasteiger partial charge in [-0.1, -0.05) is 6.07 Å². The van der Waals surface area contributed by atoms with Crippen LogP contribution in [0.2, 0.25) is 0 Å². The Morgan fingerprint density at radius 3 is 2.54 bits per heavy atom. The van der Waals surface area contributed by atoms with Crippen LogP contribution in [0, 0.1) is 13.8 Å². The van der Waals surface area contributed by atoms with Gasteiger partial charge < -0.3 is 15.7 Å². The highest BCUT2D eigenvalue weighted by Crippen LogP contribution is 2.24. The van der Waals surface area contributed by atoms with E-state index >= 15 is 0 Å². The quantitative estimate of drug-likeness (QED) is 0.627. The smallest absolute Gasteiger partial charge is 0.322 e. The number of carboxylic acid groups (broad SMARTS) is 1. The molecule has 0 radical (unpaired) electrons. The van der Waals surface area contributed by atoms with Crippen molar-refractivity contribution < 1.29 is 9.90 Å². The third kappa shape index (κ3) is 4.54. The molecule has 0 unspecified atom stereocenters. The van der Waals surface area contributed by atoms with Crippen molar-refractivity contribution in [1.82, 2.24) is 15.0 Å². The van der Waals surface area contributed by atoms with Crippen molar-refractivity contribution in [3.63, 3.8) is 0 Å². The van der Waals surface area contributed by atoms with Crippen molar-refractivity contribution in [2.45, 2.75) is 13.8 Å². The van der Waals surface area contributed by atoms with Crippen LogP contribution < -0.4 is 10.6 Å². The van der Waals surface area contributed by atoms with Crippen molar-refractivity contribution in [2.75, 3.05) is 17.2 Å². The molecule has 3 N–H and O–H groups in total. The van der Waals surface area contributed by atoms with Crippen molar-refractivity contribution in [2.24, 2.45) is 0 Å². The number of aliphatic carboxylic acids is 1. The molecule has 0 amide bonds. The molecular formula is C19H19N5O2. The van der Waals surface area contributed by atoms with Crippen LogP contribution in [0.25, 0.3) is 11.3 Å². The Kier molecular flexibility index (Phi) is 5.07. The van der Waals surface area contributed by atoms with Gasteiger partial charge in [-0.15, -0.1) is 0 Å². The predicted molar refractivity (Wildman–Crippen MR) is 101 cm³/mol. The lowest BCUT2D eigenvalue weighted by Crippen LogP contribution is -2.15. The number of anilines is 3. The van der Waals surface area contributed by atoms with Crippen molar-refractivity contribution in [3.8, 4) is 11.3 Å². The molecule has 0 saturated carbocycles. The molecule has 0 spiro atoms. The first kappa shape index (κ1) is 17.3. The largest absolute Gasteiger partial charge is 0.480 e. The summed E-state index contributed by atoms with van der Waals surface area (Å²) in [7, 11) is 0. The van der Waals surface area contributed by atoms with Crippen LogP contribution in [-0.4, -0.2) is 32.6 Å². The first-order valence-electron chi connectivity index (χ1n) is 8.10. The Labute approximate surface area is 151 Å². The number of nitrogens with one attached hydrogen (secondary N) is 2. The van der Waals surface area contributed by atoms with E-state index in [1.54, 1.807) is 18.5 Å². The molecule has 0 aliphatic rings. The summed E-state index contributed by atoms with van der Waals surface area (Å²) in [5.41, 5.74) is 4.64. The van der Waals surface area contributed by atoms with Gasteiger partial charge in [0.05, 0.1) is 5.69 Å². The molecule has 0 bridgehead atoms. The molecule has 7 heteroatoms. The Morgan fingerprint density at radius 2 is 1.88 bits per heavy atom.